The molecule has 1 aromatic rings. The Hall–Kier alpha value is -2.84. The van der Waals surface area contributed by atoms with E-state index >= 15 is 0 Å². The molecular weight excluding hydrogens is 342 g/mol. The molecule has 1 aliphatic rings. The zero-order valence-corrected chi connectivity index (χ0v) is 15.3. The lowest BCUT2D eigenvalue weighted by Crippen LogP contribution is -2.50. The average molecular weight is 365 g/mol. The van der Waals surface area contributed by atoms with Crippen molar-refractivity contribution in [3.05, 3.63) is 27.8 Å². The van der Waals surface area contributed by atoms with Crippen molar-refractivity contribution < 1.29 is 24.0 Å². The van der Waals surface area contributed by atoms with E-state index in [9.17, 15) is 19.7 Å². The van der Waals surface area contributed by atoms with E-state index in [0.29, 0.717) is 13.0 Å². The second-order valence-corrected chi connectivity index (χ2v) is 6.26. The Bertz CT molecular complexity index is 721. The smallest absolute Gasteiger partial charge is 0.328 e. The van der Waals surface area contributed by atoms with Gasteiger partial charge in [-0.3, -0.25) is 14.9 Å². The molecule has 0 aliphatic carbocycles. The van der Waals surface area contributed by atoms with Crippen molar-refractivity contribution in [1.82, 2.24) is 4.90 Å². The maximum atomic E-state index is 13.0. The maximum absolute atomic E-state index is 13.0. The maximum Gasteiger partial charge on any atom is 0.328 e. The Morgan fingerprint density at radius 2 is 2.00 bits per heavy atom. The van der Waals surface area contributed by atoms with Gasteiger partial charge in [0.25, 0.3) is 11.6 Å². The molecule has 1 N–H and O–H groups in total. The van der Waals surface area contributed by atoms with Crippen molar-refractivity contribution in [1.29, 1.82) is 0 Å². The van der Waals surface area contributed by atoms with Crippen LogP contribution in [0.4, 0.5) is 11.4 Å². The molecule has 142 valence electrons. The number of nitro groups is 1. The van der Waals surface area contributed by atoms with Gasteiger partial charge < -0.3 is 19.7 Å². The van der Waals surface area contributed by atoms with Gasteiger partial charge in [0.2, 0.25) is 0 Å². The fourth-order valence-corrected chi connectivity index (χ4v) is 3.20. The van der Waals surface area contributed by atoms with Gasteiger partial charge in [0.15, 0.2) is 5.69 Å². The van der Waals surface area contributed by atoms with Gasteiger partial charge in [-0.05, 0) is 24.8 Å². The summed E-state index contributed by atoms with van der Waals surface area (Å²) in [6.45, 7) is 2.36. The van der Waals surface area contributed by atoms with Crippen LogP contribution >= 0.6 is 0 Å². The molecule has 1 saturated heterocycles. The van der Waals surface area contributed by atoms with Crippen LogP contribution in [0.2, 0.25) is 0 Å². The van der Waals surface area contributed by atoms with E-state index in [1.807, 2.05) is 6.92 Å². The third-order valence-electron chi connectivity index (χ3n) is 4.55. The first-order valence-electron chi connectivity index (χ1n) is 8.27. The van der Waals surface area contributed by atoms with Gasteiger partial charge in [0, 0.05) is 19.7 Å². The molecule has 1 aliphatic heterocycles. The summed E-state index contributed by atoms with van der Waals surface area (Å²) in [6, 6.07) is 1.94. The quantitative estimate of drug-likeness (QED) is 0.483. The predicted molar refractivity (Wildman–Crippen MR) is 94.4 cm³/mol. The number of hydrogen-bond acceptors (Lipinski definition) is 7. The molecule has 2 unspecified atom stereocenters. The monoisotopic (exact) mass is 365 g/mol. The molecule has 1 heterocycles. The summed E-state index contributed by atoms with van der Waals surface area (Å²) in [7, 11) is 4.18. The van der Waals surface area contributed by atoms with Crippen molar-refractivity contribution in [3.8, 4) is 5.75 Å². The summed E-state index contributed by atoms with van der Waals surface area (Å²) in [5.74, 6) is -0.549. The number of nitrogens with zero attached hydrogens (tertiary/aromatic N) is 2. The van der Waals surface area contributed by atoms with Gasteiger partial charge in [-0.1, -0.05) is 6.92 Å². The molecule has 26 heavy (non-hydrogen) atoms. The Morgan fingerprint density at radius 3 is 2.54 bits per heavy atom. The van der Waals surface area contributed by atoms with Crippen LogP contribution in [-0.2, 0) is 9.53 Å². The number of nitrogens with one attached hydrogen (secondary N) is 1. The summed E-state index contributed by atoms with van der Waals surface area (Å²) in [5.41, 5.74) is 0.0102. The second kappa shape index (κ2) is 8.03. The molecule has 2 rings (SSSR count). The average Bonchev–Trinajstić information content (AvgIpc) is 2.65. The van der Waals surface area contributed by atoms with Crippen LogP contribution in [0.3, 0.4) is 0 Å². The highest BCUT2D eigenvalue weighted by atomic mass is 16.6. The molecule has 1 amide bonds. The largest absolute Gasteiger partial charge is 0.494 e. The van der Waals surface area contributed by atoms with Crippen LogP contribution in [0.1, 0.15) is 30.1 Å². The van der Waals surface area contributed by atoms with Crippen LogP contribution in [0.25, 0.3) is 0 Å². The van der Waals surface area contributed by atoms with Crippen molar-refractivity contribution in [2.75, 3.05) is 33.1 Å². The molecule has 9 nitrogen and oxygen atoms in total. The third-order valence-corrected chi connectivity index (χ3v) is 4.55. The first-order valence-corrected chi connectivity index (χ1v) is 8.27. The highest BCUT2D eigenvalue weighted by Gasteiger charge is 2.36. The summed E-state index contributed by atoms with van der Waals surface area (Å²) < 4.78 is 10.0. The van der Waals surface area contributed by atoms with Crippen molar-refractivity contribution in [3.63, 3.8) is 0 Å². The number of anilines is 1. The molecule has 0 saturated carbocycles. The third kappa shape index (κ3) is 3.71. The number of esters is 1. The van der Waals surface area contributed by atoms with Crippen LogP contribution < -0.4 is 10.1 Å². The number of rotatable bonds is 5. The fraction of sp³-hybridized carbons (Fsp3) is 0.529. The molecule has 1 aromatic carbocycles. The van der Waals surface area contributed by atoms with Gasteiger partial charge >= 0.3 is 5.97 Å². The number of amides is 1. The van der Waals surface area contributed by atoms with Gasteiger partial charge in [-0.2, -0.15) is 0 Å². The number of piperidine rings is 1. The SMILES string of the molecule is CNc1c(OC)cc(C(=O)N2CC(C)CCC2C(=O)OC)cc1[N+](=O)[O-]. The lowest BCUT2D eigenvalue weighted by atomic mass is 9.93. The number of benzene rings is 1. The molecular formula is C17H23N3O6. The standard InChI is InChI=1S/C17H23N3O6/c1-10-5-6-12(17(22)26-4)19(9-10)16(21)11-7-13(20(23)24)15(18-2)14(8-11)25-3/h7-8,10,12,18H,5-6,9H2,1-4H3. The zero-order valence-electron chi connectivity index (χ0n) is 15.3. The molecule has 0 radical (unpaired) electrons. The van der Waals surface area contributed by atoms with Crippen LogP contribution in [0.15, 0.2) is 12.1 Å². The minimum absolute atomic E-state index is 0.0931. The lowest BCUT2D eigenvalue weighted by molar-refractivity contribution is -0.384. The normalized spacial score (nSPS) is 19.6. The number of ether oxygens (including phenoxy) is 2. The first-order chi connectivity index (χ1) is 12.3. The summed E-state index contributed by atoms with van der Waals surface area (Å²) in [5, 5.41) is 14.1. The number of methoxy groups -OCH3 is 2. The first kappa shape index (κ1) is 19.5. The van der Waals surface area contributed by atoms with E-state index < -0.39 is 22.8 Å². The van der Waals surface area contributed by atoms with Gasteiger partial charge in [-0.25, -0.2) is 4.79 Å². The van der Waals surface area contributed by atoms with E-state index in [4.69, 9.17) is 9.47 Å². The highest BCUT2D eigenvalue weighted by Crippen LogP contribution is 2.36. The van der Waals surface area contributed by atoms with Crippen molar-refractivity contribution >= 4 is 23.3 Å². The van der Waals surface area contributed by atoms with E-state index in [1.165, 1.54) is 38.3 Å². The minimum Gasteiger partial charge on any atom is -0.494 e. The Labute approximate surface area is 151 Å². The zero-order chi connectivity index (χ0) is 19.4. The van der Waals surface area contributed by atoms with E-state index in [0.717, 1.165) is 6.42 Å². The van der Waals surface area contributed by atoms with Gasteiger partial charge in [-0.15, -0.1) is 0 Å². The molecule has 2 atom stereocenters. The van der Waals surface area contributed by atoms with Crippen molar-refractivity contribution in [2.45, 2.75) is 25.8 Å². The van der Waals surface area contributed by atoms with E-state index in [-0.39, 0.29) is 28.6 Å². The van der Waals surface area contributed by atoms with Crippen molar-refractivity contribution in [2.24, 2.45) is 5.92 Å². The van der Waals surface area contributed by atoms with Crippen LogP contribution in [0, 0.1) is 16.0 Å². The number of nitro benzene ring substituents is 1. The topological polar surface area (TPSA) is 111 Å². The highest BCUT2D eigenvalue weighted by molar-refractivity contribution is 5.99. The number of likely N-dealkylation sites (tertiary alicyclic amines) is 1. The van der Waals surface area contributed by atoms with E-state index in [1.54, 1.807) is 0 Å². The van der Waals surface area contributed by atoms with Crippen LogP contribution in [-0.4, -0.2) is 55.6 Å². The summed E-state index contributed by atoms with van der Waals surface area (Å²) in [6.07, 6.45) is 1.29. The summed E-state index contributed by atoms with van der Waals surface area (Å²) >= 11 is 0. The lowest BCUT2D eigenvalue weighted by Gasteiger charge is -2.37. The molecule has 9 heteroatoms. The van der Waals surface area contributed by atoms with E-state index in [2.05, 4.69) is 5.32 Å². The number of hydrogen-bond donors (Lipinski definition) is 1. The Balaban J connectivity index is 2.48. The van der Waals surface area contributed by atoms with Gasteiger partial charge in [0.05, 0.1) is 24.7 Å². The fourth-order valence-electron chi connectivity index (χ4n) is 3.20. The predicted octanol–water partition coefficient (Wildman–Crippen LogP) is 2.06. The molecule has 1 fully saturated rings. The Morgan fingerprint density at radius 1 is 1.31 bits per heavy atom. The number of carbonyl (C=O) groups is 2. The number of carbonyl (C=O) groups excluding carboxylic acids is 2. The molecule has 0 bridgehead atoms. The molecule has 0 spiro atoms. The minimum atomic E-state index is -0.697. The van der Waals surface area contributed by atoms with Gasteiger partial charge in [0.1, 0.15) is 11.8 Å². The van der Waals surface area contributed by atoms with Crippen LogP contribution in [0.5, 0.6) is 5.75 Å². The Kier molecular flexibility index (Phi) is 6.01. The second-order valence-electron chi connectivity index (χ2n) is 6.26. The molecule has 0 aromatic heterocycles. The summed E-state index contributed by atoms with van der Waals surface area (Å²) in [4.78, 5) is 37.3.